The third kappa shape index (κ3) is 3.79. The number of rotatable bonds is 3. The third-order valence-electron chi connectivity index (χ3n) is 5.46. The Morgan fingerprint density at radius 1 is 0.897 bits per heavy atom. The van der Waals surface area contributed by atoms with Crippen LogP contribution in [0.25, 0.3) is 0 Å². The van der Waals surface area contributed by atoms with Crippen molar-refractivity contribution in [3.05, 3.63) is 59.9 Å². The predicted octanol–water partition coefficient (Wildman–Crippen LogP) is 2.81. The Hall–Kier alpha value is -3.03. The van der Waals surface area contributed by atoms with Crippen molar-refractivity contribution < 1.29 is 22.8 Å². The first-order valence-electron chi connectivity index (χ1n) is 9.47. The van der Waals surface area contributed by atoms with Crippen LogP contribution >= 0.6 is 0 Å². The molecule has 2 aliphatic heterocycles. The SMILES string of the molecule is O=C(C1CC(=O)N(c2ccc(F)cc2F)C1)N1CCN(c2ccccc2F)CC1. The minimum atomic E-state index is -0.829. The number of amides is 2. The molecule has 0 radical (unpaired) electrons. The first-order valence-corrected chi connectivity index (χ1v) is 9.47. The van der Waals surface area contributed by atoms with Gasteiger partial charge in [-0.05, 0) is 24.3 Å². The molecule has 1 unspecified atom stereocenters. The second kappa shape index (κ2) is 7.77. The zero-order valence-electron chi connectivity index (χ0n) is 15.7. The largest absolute Gasteiger partial charge is 0.366 e. The number of benzene rings is 2. The Morgan fingerprint density at radius 3 is 2.31 bits per heavy atom. The van der Waals surface area contributed by atoms with E-state index in [1.807, 2.05) is 4.90 Å². The lowest BCUT2D eigenvalue weighted by Gasteiger charge is -2.37. The molecule has 0 bridgehead atoms. The number of nitrogens with zero attached hydrogens (tertiary/aromatic N) is 3. The highest BCUT2D eigenvalue weighted by Crippen LogP contribution is 2.29. The van der Waals surface area contributed by atoms with Crippen LogP contribution in [0.4, 0.5) is 24.5 Å². The predicted molar refractivity (Wildman–Crippen MR) is 102 cm³/mol. The highest BCUT2D eigenvalue weighted by molar-refractivity contribution is 6.00. The molecular formula is C21H20F3N3O2. The van der Waals surface area contributed by atoms with Crippen LogP contribution in [-0.4, -0.2) is 49.4 Å². The van der Waals surface area contributed by atoms with Crippen molar-refractivity contribution in [2.45, 2.75) is 6.42 Å². The summed E-state index contributed by atoms with van der Waals surface area (Å²) in [4.78, 5) is 30.0. The molecule has 0 aromatic heterocycles. The lowest BCUT2D eigenvalue weighted by atomic mass is 10.1. The standard InChI is InChI=1S/C21H20F3N3O2/c22-15-5-6-19(17(24)12-15)27-13-14(11-20(27)28)21(29)26-9-7-25(8-10-26)18-4-2-1-3-16(18)23/h1-6,12,14H,7-11,13H2. The van der Waals surface area contributed by atoms with Gasteiger partial charge >= 0.3 is 0 Å². The average Bonchev–Trinajstić information content (AvgIpc) is 3.09. The Morgan fingerprint density at radius 2 is 1.62 bits per heavy atom. The van der Waals surface area contributed by atoms with Crippen LogP contribution < -0.4 is 9.80 Å². The molecule has 2 heterocycles. The second-order valence-electron chi connectivity index (χ2n) is 7.26. The van der Waals surface area contributed by atoms with Gasteiger partial charge in [0.1, 0.15) is 17.5 Å². The van der Waals surface area contributed by atoms with Gasteiger partial charge in [-0.2, -0.15) is 0 Å². The number of piperazine rings is 1. The normalized spacial score (nSPS) is 19.8. The van der Waals surface area contributed by atoms with E-state index in [-0.39, 0.29) is 36.3 Å². The van der Waals surface area contributed by atoms with Gasteiger partial charge in [0, 0.05) is 45.2 Å². The summed E-state index contributed by atoms with van der Waals surface area (Å²) in [5.74, 6) is -2.96. The number of carbonyl (C=O) groups excluding carboxylic acids is 2. The van der Waals surface area contributed by atoms with Crippen LogP contribution in [0.3, 0.4) is 0 Å². The van der Waals surface area contributed by atoms with Crippen LogP contribution in [0.2, 0.25) is 0 Å². The fourth-order valence-corrected chi connectivity index (χ4v) is 3.94. The van der Waals surface area contributed by atoms with Gasteiger partial charge in [-0.25, -0.2) is 13.2 Å². The molecule has 4 rings (SSSR count). The molecule has 8 heteroatoms. The number of para-hydroxylation sites is 1. The molecule has 0 spiro atoms. The van der Waals surface area contributed by atoms with Gasteiger partial charge in [-0.15, -0.1) is 0 Å². The minimum absolute atomic E-state index is 0.0107. The zero-order valence-corrected chi connectivity index (χ0v) is 15.7. The minimum Gasteiger partial charge on any atom is -0.366 e. The van der Waals surface area contributed by atoms with Crippen LogP contribution in [-0.2, 0) is 9.59 Å². The Bertz CT molecular complexity index is 945. The molecule has 0 saturated carbocycles. The Kier molecular flexibility index (Phi) is 5.17. The van der Waals surface area contributed by atoms with Gasteiger partial charge in [0.2, 0.25) is 11.8 Å². The van der Waals surface area contributed by atoms with Crippen molar-refractivity contribution in [3.8, 4) is 0 Å². The van der Waals surface area contributed by atoms with E-state index in [4.69, 9.17) is 0 Å². The fraction of sp³-hybridized carbons (Fsp3) is 0.333. The molecule has 2 aliphatic rings. The molecule has 1 atom stereocenters. The summed E-state index contributed by atoms with van der Waals surface area (Å²) in [7, 11) is 0. The summed E-state index contributed by atoms with van der Waals surface area (Å²) in [5, 5.41) is 0. The molecular weight excluding hydrogens is 383 g/mol. The number of anilines is 2. The van der Waals surface area contributed by atoms with Gasteiger partial charge in [-0.1, -0.05) is 12.1 Å². The molecule has 29 heavy (non-hydrogen) atoms. The van der Waals surface area contributed by atoms with Crippen LogP contribution in [0.1, 0.15) is 6.42 Å². The summed E-state index contributed by atoms with van der Waals surface area (Å²) < 4.78 is 41.1. The van der Waals surface area contributed by atoms with E-state index in [1.54, 1.807) is 23.1 Å². The maximum Gasteiger partial charge on any atom is 0.228 e. The summed E-state index contributed by atoms with van der Waals surface area (Å²) in [6.07, 6.45) is -0.0107. The summed E-state index contributed by atoms with van der Waals surface area (Å²) in [6, 6.07) is 9.53. The monoisotopic (exact) mass is 403 g/mol. The molecule has 2 fully saturated rings. The Balaban J connectivity index is 1.39. The smallest absolute Gasteiger partial charge is 0.228 e. The third-order valence-corrected chi connectivity index (χ3v) is 5.46. The highest BCUT2D eigenvalue weighted by Gasteiger charge is 2.38. The van der Waals surface area contributed by atoms with Crippen molar-refractivity contribution >= 4 is 23.2 Å². The summed E-state index contributed by atoms with van der Waals surface area (Å²) in [5.41, 5.74) is 0.490. The molecule has 2 aromatic rings. The topological polar surface area (TPSA) is 43.9 Å². The van der Waals surface area contributed by atoms with Gasteiger partial charge in [0.15, 0.2) is 0 Å². The van der Waals surface area contributed by atoms with Crippen molar-refractivity contribution in [1.29, 1.82) is 0 Å². The first kappa shape index (κ1) is 19.3. The summed E-state index contributed by atoms with van der Waals surface area (Å²) >= 11 is 0. The summed E-state index contributed by atoms with van der Waals surface area (Å²) in [6.45, 7) is 1.88. The molecule has 5 nitrogen and oxygen atoms in total. The van der Waals surface area contributed by atoms with E-state index in [9.17, 15) is 22.8 Å². The van der Waals surface area contributed by atoms with Crippen molar-refractivity contribution in [3.63, 3.8) is 0 Å². The van der Waals surface area contributed by atoms with Gasteiger partial charge in [0.25, 0.3) is 0 Å². The van der Waals surface area contributed by atoms with Crippen molar-refractivity contribution in [2.24, 2.45) is 5.92 Å². The van der Waals surface area contributed by atoms with Gasteiger partial charge in [0.05, 0.1) is 17.3 Å². The maximum absolute atomic E-state index is 14.0. The molecule has 152 valence electrons. The van der Waals surface area contributed by atoms with Crippen LogP contribution in [0.15, 0.2) is 42.5 Å². The number of hydrogen-bond donors (Lipinski definition) is 0. The highest BCUT2D eigenvalue weighted by atomic mass is 19.1. The van der Waals surface area contributed by atoms with Crippen LogP contribution in [0.5, 0.6) is 0 Å². The molecule has 0 N–H and O–H groups in total. The molecule has 2 aromatic carbocycles. The van der Waals surface area contributed by atoms with E-state index < -0.39 is 17.6 Å². The van der Waals surface area contributed by atoms with E-state index in [2.05, 4.69) is 0 Å². The van der Waals surface area contributed by atoms with E-state index in [1.165, 1.54) is 17.0 Å². The van der Waals surface area contributed by atoms with Crippen LogP contribution in [0, 0.1) is 23.4 Å². The number of hydrogen-bond acceptors (Lipinski definition) is 3. The van der Waals surface area contributed by atoms with E-state index in [0.29, 0.717) is 31.9 Å². The lowest BCUT2D eigenvalue weighted by Crippen LogP contribution is -2.51. The number of halogens is 3. The van der Waals surface area contributed by atoms with E-state index in [0.717, 1.165) is 12.1 Å². The van der Waals surface area contributed by atoms with Crippen molar-refractivity contribution in [2.75, 3.05) is 42.5 Å². The second-order valence-corrected chi connectivity index (χ2v) is 7.26. The molecule has 2 saturated heterocycles. The van der Waals surface area contributed by atoms with Crippen molar-refractivity contribution in [1.82, 2.24) is 4.90 Å². The lowest BCUT2D eigenvalue weighted by molar-refractivity contribution is -0.136. The van der Waals surface area contributed by atoms with Gasteiger partial charge in [-0.3, -0.25) is 9.59 Å². The fourth-order valence-electron chi connectivity index (χ4n) is 3.94. The van der Waals surface area contributed by atoms with E-state index >= 15 is 0 Å². The Labute approximate surface area is 166 Å². The first-order chi connectivity index (χ1) is 13.9. The zero-order chi connectivity index (χ0) is 20.5. The molecule has 2 amide bonds. The molecule has 0 aliphatic carbocycles. The van der Waals surface area contributed by atoms with Gasteiger partial charge < -0.3 is 14.7 Å². The maximum atomic E-state index is 14.0. The average molecular weight is 403 g/mol. The quantitative estimate of drug-likeness (QED) is 0.792. The number of carbonyl (C=O) groups is 2.